The molecule has 232 valence electrons. The molecule has 0 spiro atoms. The smallest absolute Gasteiger partial charge is 0.260 e. The largest absolute Gasteiger partial charge is 0.463 e. The number of aliphatic hydroxyl groups excluding tert-OH is 1. The van der Waals surface area contributed by atoms with Crippen LogP contribution in [0, 0.1) is 30.6 Å². The van der Waals surface area contributed by atoms with Crippen LogP contribution in [0.1, 0.15) is 62.2 Å². The van der Waals surface area contributed by atoms with Gasteiger partial charge in [0, 0.05) is 5.54 Å². The van der Waals surface area contributed by atoms with Crippen molar-refractivity contribution in [3.05, 3.63) is 101 Å². The van der Waals surface area contributed by atoms with Crippen molar-refractivity contribution >= 4 is 29.3 Å². The van der Waals surface area contributed by atoms with Crippen molar-refractivity contribution in [3.63, 3.8) is 0 Å². The van der Waals surface area contributed by atoms with E-state index < -0.39 is 52.4 Å². The van der Waals surface area contributed by atoms with Gasteiger partial charge in [0.05, 0.1) is 29.4 Å². The Morgan fingerprint density at radius 2 is 1.62 bits per heavy atom. The first-order valence-electron chi connectivity index (χ1n) is 15.5. The molecule has 2 aliphatic carbocycles. The lowest BCUT2D eigenvalue weighted by Gasteiger charge is -2.49. The zero-order chi connectivity index (χ0) is 31.8. The second kappa shape index (κ2) is 10.3. The summed E-state index contributed by atoms with van der Waals surface area (Å²) in [5.41, 5.74) is 4.12. The number of furan rings is 1. The number of rotatable bonds is 5. The van der Waals surface area contributed by atoms with Gasteiger partial charge in [0.2, 0.25) is 11.8 Å². The van der Waals surface area contributed by atoms with Crippen molar-refractivity contribution in [3.8, 4) is 0 Å². The van der Waals surface area contributed by atoms with E-state index in [0.717, 1.165) is 16.1 Å². The summed E-state index contributed by atoms with van der Waals surface area (Å²) in [6.07, 6.45) is 2.57. The maximum absolute atomic E-state index is 15.0. The van der Waals surface area contributed by atoms with E-state index in [1.54, 1.807) is 12.1 Å². The fourth-order valence-electron chi connectivity index (χ4n) is 8.35. The van der Waals surface area contributed by atoms with Crippen LogP contribution in [0.4, 0.5) is 5.69 Å². The van der Waals surface area contributed by atoms with Gasteiger partial charge in [-0.3, -0.25) is 29.5 Å². The molecule has 0 unspecified atom stereocenters. The highest BCUT2D eigenvalue weighted by Gasteiger charge is 2.71. The van der Waals surface area contributed by atoms with Gasteiger partial charge in [-0.2, -0.15) is 5.01 Å². The second-order valence-corrected chi connectivity index (χ2v) is 13.7. The number of allylic oxidation sites excluding steroid dienone is 2. The number of amides is 4. The number of likely N-dealkylation sites (tertiary alicyclic amines) is 1. The maximum Gasteiger partial charge on any atom is 0.260 e. The number of nitrogens with one attached hydrogen (secondary N) is 1. The van der Waals surface area contributed by atoms with Crippen LogP contribution in [0.25, 0.3) is 0 Å². The number of hydrogen-bond acceptors (Lipinski definition) is 7. The van der Waals surface area contributed by atoms with Crippen molar-refractivity contribution in [2.75, 3.05) is 5.43 Å². The van der Waals surface area contributed by atoms with E-state index in [1.807, 2.05) is 88.4 Å². The van der Waals surface area contributed by atoms with E-state index in [9.17, 15) is 19.5 Å². The van der Waals surface area contributed by atoms with Gasteiger partial charge in [-0.15, -0.1) is 0 Å². The van der Waals surface area contributed by atoms with Gasteiger partial charge in [-0.25, -0.2) is 0 Å². The summed E-state index contributed by atoms with van der Waals surface area (Å²) in [6, 6.07) is 20.2. The number of benzene rings is 2. The van der Waals surface area contributed by atoms with Crippen LogP contribution in [0.15, 0.2) is 82.8 Å². The van der Waals surface area contributed by atoms with Crippen LogP contribution in [-0.4, -0.2) is 44.2 Å². The van der Waals surface area contributed by atoms with Crippen molar-refractivity contribution in [1.29, 1.82) is 0 Å². The molecule has 1 saturated carbocycles. The van der Waals surface area contributed by atoms with E-state index in [2.05, 4.69) is 5.43 Å². The van der Waals surface area contributed by atoms with E-state index >= 15 is 4.79 Å². The Bertz CT molecular complexity index is 1740. The highest BCUT2D eigenvalue weighted by Crippen LogP contribution is 2.64. The minimum absolute atomic E-state index is 0.193. The normalized spacial score (nSPS) is 29.4. The summed E-state index contributed by atoms with van der Waals surface area (Å²) in [6.45, 7) is 7.19. The van der Waals surface area contributed by atoms with Crippen molar-refractivity contribution in [1.82, 2.24) is 9.91 Å². The first-order chi connectivity index (χ1) is 21.5. The summed E-state index contributed by atoms with van der Waals surface area (Å²) in [5.74, 6) is -3.72. The summed E-state index contributed by atoms with van der Waals surface area (Å²) in [5, 5.41) is 11.1. The molecule has 4 aliphatic rings. The number of hydrazine groups is 1. The zero-order valence-electron chi connectivity index (χ0n) is 25.8. The number of fused-ring (bicyclic) bond motifs is 4. The third-order valence-electron chi connectivity index (χ3n) is 10.2. The van der Waals surface area contributed by atoms with Gasteiger partial charge >= 0.3 is 0 Å². The van der Waals surface area contributed by atoms with Crippen molar-refractivity contribution in [2.45, 2.75) is 64.0 Å². The van der Waals surface area contributed by atoms with Crippen LogP contribution in [0.3, 0.4) is 0 Å². The van der Waals surface area contributed by atoms with Gasteiger partial charge in [0.1, 0.15) is 23.5 Å². The van der Waals surface area contributed by atoms with Crippen molar-refractivity contribution in [2.24, 2.45) is 23.7 Å². The average Bonchev–Trinajstić information content (AvgIpc) is 3.66. The molecule has 9 heteroatoms. The standard InChI is InChI=1S/C36H37N3O6/c1-20-10-12-22(13-11-20)37-39-32(42)27-18-26-24(15-16-25-29(26)33(43)38(31(25)41)35(2,3)4)30(28-17-14-23(19-40)45-28)36(27,34(39)44)21-8-6-5-7-9-21/h5-15,17,25-27,29-30,37,40H,16,18-19H2,1-4H3/t25-,26+,27-,29-,30+,36+/m0/s1. The van der Waals surface area contributed by atoms with E-state index in [-0.39, 0.29) is 24.8 Å². The third-order valence-corrected chi connectivity index (χ3v) is 10.2. The van der Waals surface area contributed by atoms with Gasteiger partial charge in [-0.05, 0) is 76.3 Å². The van der Waals surface area contributed by atoms with Gasteiger partial charge in [0.15, 0.2) is 0 Å². The fraction of sp³-hybridized carbons (Fsp3) is 0.389. The molecule has 4 amide bonds. The average molecular weight is 608 g/mol. The molecule has 1 aromatic heterocycles. The minimum atomic E-state index is -1.40. The molecule has 45 heavy (non-hydrogen) atoms. The molecular weight excluding hydrogens is 570 g/mol. The predicted octanol–water partition coefficient (Wildman–Crippen LogP) is 4.86. The Morgan fingerprint density at radius 1 is 0.911 bits per heavy atom. The lowest BCUT2D eigenvalue weighted by atomic mass is 9.50. The Kier molecular flexibility index (Phi) is 6.67. The number of aliphatic hydroxyl groups is 1. The monoisotopic (exact) mass is 607 g/mol. The highest BCUT2D eigenvalue weighted by molar-refractivity contribution is 6.13. The van der Waals surface area contributed by atoms with Crippen LogP contribution < -0.4 is 5.43 Å². The summed E-state index contributed by atoms with van der Waals surface area (Å²) < 4.78 is 6.21. The SMILES string of the molecule is Cc1ccc(NN2C(=O)[C@@H]3C[C@@H]4C(=CC[C@@H]5C(=O)N(C(C)(C)C)C(=O)[C@@H]54)[C@H](c4ccc(CO)o4)[C@]3(c3ccccc3)C2=O)cc1. The molecule has 2 aromatic carbocycles. The molecule has 0 bridgehead atoms. The molecule has 2 aliphatic heterocycles. The molecule has 3 aromatic rings. The number of carbonyl (C=O) groups is 4. The Labute approximate surface area is 261 Å². The first-order valence-corrected chi connectivity index (χ1v) is 15.5. The van der Waals surface area contributed by atoms with Crippen LogP contribution in [0.5, 0.6) is 0 Å². The van der Waals surface area contributed by atoms with E-state index in [1.165, 1.54) is 4.90 Å². The van der Waals surface area contributed by atoms with Crippen molar-refractivity contribution < 1.29 is 28.7 Å². The molecule has 9 nitrogen and oxygen atoms in total. The van der Waals surface area contributed by atoms with Crippen LogP contribution in [-0.2, 0) is 31.2 Å². The minimum Gasteiger partial charge on any atom is -0.463 e. The summed E-state index contributed by atoms with van der Waals surface area (Å²) in [4.78, 5) is 58.7. The number of aryl methyl sites for hydroxylation is 1. The molecule has 7 rings (SSSR count). The first kappa shape index (κ1) is 29.2. The van der Waals surface area contributed by atoms with Gasteiger partial charge < -0.3 is 9.52 Å². The summed E-state index contributed by atoms with van der Waals surface area (Å²) >= 11 is 0. The van der Waals surface area contributed by atoms with E-state index in [0.29, 0.717) is 29.2 Å². The summed E-state index contributed by atoms with van der Waals surface area (Å²) in [7, 11) is 0. The lowest BCUT2D eigenvalue weighted by molar-refractivity contribution is -0.146. The molecule has 2 saturated heterocycles. The fourth-order valence-corrected chi connectivity index (χ4v) is 8.35. The van der Waals surface area contributed by atoms with Gasteiger partial charge in [-0.1, -0.05) is 59.7 Å². The van der Waals surface area contributed by atoms with E-state index in [4.69, 9.17) is 4.42 Å². The zero-order valence-corrected chi connectivity index (χ0v) is 25.8. The quantitative estimate of drug-likeness (QED) is 0.314. The number of anilines is 1. The predicted molar refractivity (Wildman–Crippen MR) is 165 cm³/mol. The maximum atomic E-state index is 15.0. The lowest BCUT2D eigenvalue weighted by Crippen LogP contribution is -2.53. The van der Waals surface area contributed by atoms with Crippen LogP contribution >= 0.6 is 0 Å². The topological polar surface area (TPSA) is 120 Å². The number of nitrogens with zero attached hydrogens (tertiary/aromatic N) is 2. The highest BCUT2D eigenvalue weighted by atomic mass is 16.4. The molecule has 6 atom stereocenters. The van der Waals surface area contributed by atoms with Crippen LogP contribution in [0.2, 0.25) is 0 Å². The molecule has 0 radical (unpaired) electrons. The third kappa shape index (κ3) is 4.16. The second-order valence-electron chi connectivity index (χ2n) is 13.7. The number of imide groups is 2. The molecule has 2 N–H and O–H groups in total. The number of hydrogen-bond donors (Lipinski definition) is 2. The van der Waals surface area contributed by atoms with Gasteiger partial charge in [0.25, 0.3) is 11.8 Å². The number of carbonyl (C=O) groups excluding carboxylic acids is 4. The Balaban J connectivity index is 1.43. The Hall–Kier alpha value is -4.50. The molecular formula is C36H37N3O6. The Morgan fingerprint density at radius 3 is 2.27 bits per heavy atom. The molecule has 3 fully saturated rings. The molecule has 3 heterocycles.